The summed E-state index contributed by atoms with van der Waals surface area (Å²) in [5.41, 5.74) is 1.99. The van der Waals surface area contributed by atoms with Crippen LogP contribution in [-0.2, 0) is 21.9 Å². The molecular formula is C23H28Cl2N2O2S. The molecular weight excluding hydrogens is 439 g/mol. The van der Waals surface area contributed by atoms with E-state index in [0.717, 1.165) is 23.3 Å². The van der Waals surface area contributed by atoms with Crippen LogP contribution in [0.2, 0.25) is 10.0 Å². The summed E-state index contributed by atoms with van der Waals surface area (Å²) in [6.07, 6.45) is 0.826. The van der Waals surface area contributed by atoms with Crippen LogP contribution in [0.4, 0.5) is 0 Å². The van der Waals surface area contributed by atoms with E-state index in [-0.39, 0.29) is 30.2 Å². The number of carbonyl (C=O) groups excluding carboxylic acids is 2. The van der Waals surface area contributed by atoms with Gasteiger partial charge >= 0.3 is 0 Å². The van der Waals surface area contributed by atoms with Gasteiger partial charge in [-0.05, 0) is 43.5 Å². The summed E-state index contributed by atoms with van der Waals surface area (Å²) in [6.45, 7) is 6.01. The van der Waals surface area contributed by atoms with Crippen molar-refractivity contribution in [2.75, 3.05) is 5.75 Å². The van der Waals surface area contributed by atoms with Crippen LogP contribution in [0.1, 0.15) is 38.3 Å². The van der Waals surface area contributed by atoms with E-state index >= 15 is 0 Å². The summed E-state index contributed by atoms with van der Waals surface area (Å²) in [5.74, 6) is 0.775. The molecule has 0 bridgehead atoms. The van der Waals surface area contributed by atoms with Crippen molar-refractivity contribution in [3.05, 3.63) is 69.7 Å². The molecule has 2 aromatic rings. The van der Waals surface area contributed by atoms with Gasteiger partial charge in [0.25, 0.3) is 0 Å². The van der Waals surface area contributed by atoms with E-state index in [1.807, 2.05) is 50.2 Å². The largest absolute Gasteiger partial charge is 0.352 e. The van der Waals surface area contributed by atoms with Crippen molar-refractivity contribution in [3.63, 3.8) is 0 Å². The fourth-order valence-electron chi connectivity index (χ4n) is 2.80. The quantitative estimate of drug-likeness (QED) is 0.498. The third kappa shape index (κ3) is 7.53. The molecule has 30 heavy (non-hydrogen) atoms. The second-order valence-electron chi connectivity index (χ2n) is 7.24. The standard InChI is InChI=1S/C23H28Cl2N2O2S/c1-4-16(2)26-23(29)17(3)27(13-19-10-11-20(24)21(25)12-19)22(28)15-30-14-18-8-6-5-7-9-18/h5-12,16-17H,4,13-15H2,1-3H3,(H,26,29)/t16-,17+/m0/s1. The summed E-state index contributed by atoms with van der Waals surface area (Å²) in [6, 6.07) is 14.7. The molecule has 0 aliphatic carbocycles. The molecule has 7 heteroatoms. The van der Waals surface area contributed by atoms with Crippen LogP contribution in [0.5, 0.6) is 0 Å². The number of rotatable bonds is 10. The first-order chi connectivity index (χ1) is 14.3. The number of benzene rings is 2. The minimum atomic E-state index is -0.599. The van der Waals surface area contributed by atoms with Crippen molar-refractivity contribution in [2.45, 2.75) is 51.6 Å². The van der Waals surface area contributed by atoms with E-state index in [1.54, 1.807) is 24.0 Å². The maximum atomic E-state index is 13.1. The molecule has 0 saturated heterocycles. The molecule has 4 nitrogen and oxygen atoms in total. The average Bonchev–Trinajstić information content (AvgIpc) is 2.74. The van der Waals surface area contributed by atoms with E-state index < -0.39 is 6.04 Å². The first-order valence-corrected chi connectivity index (χ1v) is 11.9. The zero-order valence-electron chi connectivity index (χ0n) is 17.5. The number of nitrogens with one attached hydrogen (secondary N) is 1. The van der Waals surface area contributed by atoms with Crippen molar-refractivity contribution < 1.29 is 9.59 Å². The Balaban J connectivity index is 2.10. The van der Waals surface area contributed by atoms with Crippen LogP contribution >= 0.6 is 35.0 Å². The van der Waals surface area contributed by atoms with Gasteiger partial charge in [-0.25, -0.2) is 0 Å². The van der Waals surface area contributed by atoms with Crippen molar-refractivity contribution >= 4 is 46.8 Å². The zero-order valence-corrected chi connectivity index (χ0v) is 19.9. The van der Waals surface area contributed by atoms with Gasteiger partial charge in [-0.2, -0.15) is 0 Å². The van der Waals surface area contributed by atoms with Gasteiger partial charge in [0.2, 0.25) is 11.8 Å². The molecule has 2 atom stereocenters. The van der Waals surface area contributed by atoms with Crippen molar-refractivity contribution in [1.82, 2.24) is 10.2 Å². The number of hydrogen-bond donors (Lipinski definition) is 1. The maximum absolute atomic E-state index is 13.1. The van der Waals surface area contributed by atoms with Crippen LogP contribution in [0, 0.1) is 0 Å². The monoisotopic (exact) mass is 466 g/mol. The molecule has 1 N–H and O–H groups in total. The minimum Gasteiger partial charge on any atom is -0.352 e. The number of thioether (sulfide) groups is 1. The van der Waals surface area contributed by atoms with Crippen molar-refractivity contribution in [1.29, 1.82) is 0 Å². The fourth-order valence-corrected chi connectivity index (χ4v) is 3.99. The summed E-state index contributed by atoms with van der Waals surface area (Å²) in [7, 11) is 0. The molecule has 2 aromatic carbocycles. The second kappa shape index (κ2) is 12.2. The fraction of sp³-hybridized carbons (Fsp3) is 0.391. The molecule has 0 aliphatic rings. The topological polar surface area (TPSA) is 49.4 Å². The number of carbonyl (C=O) groups is 2. The summed E-state index contributed by atoms with van der Waals surface area (Å²) in [5, 5.41) is 3.85. The predicted octanol–water partition coefficient (Wildman–Crippen LogP) is 5.56. The van der Waals surface area contributed by atoms with E-state index in [4.69, 9.17) is 23.2 Å². The number of nitrogens with zero attached hydrogens (tertiary/aromatic N) is 1. The highest BCUT2D eigenvalue weighted by molar-refractivity contribution is 7.99. The van der Waals surface area contributed by atoms with Gasteiger partial charge in [-0.1, -0.05) is 66.5 Å². The molecule has 0 saturated carbocycles. The van der Waals surface area contributed by atoms with Gasteiger partial charge in [0.15, 0.2) is 0 Å². The molecule has 2 amide bonds. The maximum Gasteiger partial charge on any atom is 0.242 e. The second-order valence-corrected chi connectivity index (χ2v) is 9.04. The lowest BCUT2D eigenvalue weighted by atomic mass is 10.1. The Morgan fingerprint density at radius 2 is 1.73 bits per heavy atom. The summed E-state index contributed by atoms with van der Waals surface area (Å²) in [4.78, 5) is 27.4. The Morgan fingerprint density at radius 3 is 2.37 bits per heavy atom. The Morgan fingerprint density at radius 1 is 1.03 bits per heavy atom. The molecule has 162 valence electrons. The van der Waals surface area contributed by atoms with Crippen molar-refractivity contribution in [3.8, 4) is 0 Å². The lowest BCUT2D eigenvalue weighted by Crippen LogP contribution is -2.50. The van der Waals surface area contributed by atoms with Crippen LogP contribution in [0.3, 0.4) is 0 Å². The number of amides is 2. The average molecular weight is 467 g/mol. The van der Waals surface area contributed by atoms with E-state index in [0.29, 0.717) is 10.0 Å². The number of halogens is 2. The third-order valence-corrected chi connectivity index (χ3v) is 6.57. The first-order valence-electron chi connectivity index (χ1n) is 9.97. The van der Waals surface area contributed by atoms with E-state index in [1.165, 1.54) is 11.8 Å². The predicted molar refractivity (Wildman–Crippen MR) is 127 cm³/mol. The van der Waals surface area contributed by atoms with Gasteiger partial charge < -0.3 is 10.2 Å². The summed E-state index contributed by atoms with van der Waals surface area (Å²) < 4.78 is 0. The SMILES string of the molecule is CC[C@H](C)NC(=O)[C@@H](C)N(Cc1ccc(Cl)c(Cl)c1)C(=O)CSCc1ccccc1. The van der Waals surface area contributed by atoms with Crippen LogP contribution in [0.15, 0.2) is 48.5 Å². The lowest BCUT2D eigenvalue weighted by Gasteiger charge is -2.29. The van der Waals surface area contributed by atoms with Gasteiger partial charge in [0.1, 0.15) is 6.04 Å². The van der Waals surface area contributed by atoms with Gasteiger partial charge in [0.05, 0.1) is 15.8 Å². The molecule has 0 unspecified atom stereocenters. The third-order valence-electron chi connectivity index (χ3n) is 4.84. The smallest absolute Gasteiger partial charge is 0.242 e. The molecule has 0 fully saturated rings. The normalized spacial score (nSPS) is 12.8. The van der Waals surface area contributed by atoms with E-state index in [2.05, 4.69) is 5.32 Å². The van der Waals surface area contributed by atoms with Crippen LogP contribution < -0.4 is 5.32 Å². The van der Waals surface area contributed by atoms with E-state index in [9.17, 15) is 9.59 Å². The number of hydrogen-bond acceptors (Lipinski definition) is 3. The zero-order chi connectivity index (χ0) is 22.1. The highest BCUT2D eigenvalue weighted by atomic mass is 35.5. The molecule has 2 rings (SSSR count). The molecule has 0 heterocycles. The Bertz CT molecular complexity index is 848. The highest BCUT2D eigenvalue weighted by Crippen LogP contribution is 2.24. The minimum absolute atomic E-state index is 0.0503. The van der Waals surface area contributed by atoms with Gasteiger partial charge in [0, 0.05) is 18.3 Å². The molecule has 0 spiro atoms. The Hall–Kier alpha value is -1.69. The lowest BCUT2D eigenvalue weighted by molar-refractivity contribution is -0.138. The summed E-state index contributed by atoms with van der Waals surface area (Å²) >= 11 is 13.7. The van der Waals surface area contributed by atoms with Crippen LogP contribution in [-0.4, -0.2) is 34.6 Å². The van der Waals surface area contributed by atoms with Crippen LogP contribution in [0.25, 0.3) is 0 Å². The molecule has 0 aliphatic heterocycles. The van der Waals surface area contributed by atoms with Crippen molar-refractivity contribution in [2.24, 2.45) is 0 Å². The highest BCUT2D eigenvalue weighted by Gasteiger charge is 2.26. The Kier molecular flexibility index (Phi) is 10.0. The first kappa shape index (κ1) is 24.6. The van der Waals surface area contributed by atoms with Gasteiger partial charge in [-0.3, -0.25) is 9.59 Å². The molecule has 0 aromatic heterocycles. The molecule has 0 radical (unpaired) electrons. The Labute approximate surface area is 193 Å². The van der Waals surface area contributed by atoms with Gasteiger partial charge in [-0.15, -0.1) is 11.8 Å².